The number of piperidine rings is 1. The SMILES string of the molecule is O=C(O)C#SC1CCNCC1. The fraction of sp³-hybridized carbons (Fsp3) is 0.714. The smallest absolute Gasteiger partial charge is 0.384 e. The van der Waals surface area contributed by atoms with Gasteiger partial charge in [-0.25, -0.2) is 4.79 Å². The van der Waals surface area contributed by atoms with Crippen LogP contribution < -0.4 is 5.32 Å². The lowest BCUT2D eigenvalue weighted by Crippen LogP contribution is -2.28. The van der Waals surface area contributed by atoms with Crippen molar-refractivity contribution in [2.45, 2.75) is 18.1 Å². The second-order valence-corrected chi connectivity index (χ2v) is 3.58. The highest BCUT2D eigenvalue weighted by atomic mass is 32.1. The van der Waals surface area contributed by atoms with Crippen LogP contribution in [0.15, 0.2) is 0 Å². The van der Waals surface area contributed by atoms with Crippen molar-refractivity contribution in [1.82, 2.24) is 5.32 Å². The number of rotatable bonds is 0. The van der Waals surface area contributed by atoms with Gasteiger partial charge in [0.25, 0.3) is 0 Å². The highest BCUT2D eigenvalue weighted by Crippen LogP contribution is 2.11. The van der Waals surface area contributed by atoms with E-state index in [0.29, 0.717) is 5.25 Å². The number of hydrogen-bond acceptors (Lipinski definition) is 2. The molecule has 0 aromatic carbocycles. The molecule has 1 aliphatic rings. The van der Waals surface area contributed by atoms with Crippen LogP contribution in [0.2, 0.25) is 0 Å². The van der Waals surface area contributed by atoms with Crippen LogP contribution in [0.4, 0.5) is 0 Å². The summed E-state index contributed by atoms with van der Waals surface area (Å²) >= 11 is 1.32. The van der Waals surface area contributed by atoms with Crippen LogP contribution in [0, 0.1) is 5.18 Å². The van der Waals surface area contributed by atoms with Gasteiger partial charge < -0.3 is 10.4 Å². The maximum absolute atomic E-state index is 10.1. The fourth-order valence-electron chi connectivity index (χ4n) is 1.05. The molecule has 0 amide bonds. The largest absolute Gasteiger partial charge is 0.471 e. The molecule has 1 heterocycles. The Balaban J connectivity index is 2.36. The predicted octanol–water partition coefficient (Wildman–Crippen LogP) is 0.515. The molecule has 1 fully saturated rings. The molecule has 1 rings (SSSR count). The zero-order chi connectivity index (χ0) is 8.10. The molecule has 0 aliphatic carbocycles. The minimum absolute atomic E-state index is 0.451. The van der Waals surface area contributed by atoms with Gasteiger partial charge in [0.1, 0.15) is 0 Å². The van der Waals surface area contributed by atoms with Gasteiger partial charge in [-0.05, 0) is 25.9 Å². The predicted molar refractivity (Wildman–Crippen MR) is 45.0 cm³/mol. The van der Waals surface area contributed by atoms with Crippen molar-refractivity contribution < 1.29 is 9.90 Å². The second kappa shape index (κ2) is 4.34. The van der Waals surface area contributed by atoms with Gasteiger partial charge in [-0.1, -0.05) is 0 Å². The molecule has 0 radical (unpaired) electrons. The normalized spacial score (nSPS) is 18.9. The van der Waals surface area contributed by atoms with Crippen LogP contribution >= 0.6 is 11.2 Å². The standard InChI is InChI=1S/C7H11NO2S/c9-7(10)5-11-6-1-3-8-4-2-6/h6,8H,1-4H2,(H,9,10). The molecule has 1 saturated heterocycles. The zero-order valence-electron chi connectivity index (χ0n) is 6.17. The first-order chi connectivity index (χ1) is 5.29. The highest BCUT2D eigenvalue weighted by Gasteiger charge is 2.09. The number of carbonyl (C=O) groups is 1. The van der Waals surface area contributed by atoms with E-state index in [1.807, 2.05) is 0 Å². The topological polar surface area (TPSA) is 49.3 Å². The molecule has 0 saturated carbocycles. The fourth-order valence-corrected chi connectivity index (χ4v) is 1.79. The maximum Gasteiger partial charge on any atom is 0.384 e. The highest BCUT2D eigenvalue weighted by molar-refractivity contribution is 7.89. The minimum Gasteiger partial charge on any atom is -0.471 e. The van der Waals surface area contributed by atoms with Gasteiger partial charge >= 0.3 is 5.97 Å². The molecule has 2 N–H and O–H groups in total. The van der Waals surface area contributed by atoms with E-state index >= 15 is 0 Å². The Labute approximate surface area is 69.4 Å². The first-order valence-corrected chi connectivity index (χ1v) is 4.52. The summed E-state index contributed by atoms with van der Waals surface area (Å²) in [7, 11) is 0. The lowest BCUT2D eigenvalue weighted by molar-refractivity contribution is -0.130. The van der Waals surface area contributed by atoms with Crippen LogP contribution in [0.1, 0.15) is 12.8 Å². The Bertz CT molecular complexity index is 200. The summed E-state index contributed by atoms with van der Waals surface area (Å²) in [5.74, 6) is -0.950. The third-order valence-electron chi connectivity index (χ3n) is 1.60. The van der Waals surface area contributed by atoms with Crippen molar-refractivity contribution >= 4 is 17.1 Å². The molecule has 0 spiro atoms. The Hall–Kier alpha value is -0.570. The summed E-state index contributed by atoms with van der Waals surface area (Å²) < 4.78 is 0. The third kappa shape index (κ3) is 3.37. The summed E-state index contributed by atoms with van der Waals surface area (Å²) in [6.07, 6.45) is 2.09. The summed E-state index contributed by atoms with van der Waals surface area (Å²) in [6.45, 7) is 2.00. The Kier molecular flexibility index (Phi) is 3.36. The van der Waals surface area contributed by atoms with Gasteiger partial charge in [0, 0.05) is 10.4 Å². The van der Waals surface area contributed by atoms with Crippen molar-refractivity contribution in [3.63, 3.8) is 0 Å². The Morgan fingerprint density at radius 1 is 1.55 bits per heavy atom. The van der Waals surface area contributed by atoms with Crippen LogP contribution in [0.25, 0.3) is 0 Å². The van der Waals surface area contributed by atoms with Crippen molar-refractivity contribution in [2.75, 3.05) is 13.1 Å². The molecule has 0 unspecified atom stereocenters. The van der Waals surface area contributed by atoms with Gasteiger partial charge in [0.05, 0.1) is 0 Å². The van der Waals surface area contributed by atoms with Crippen LogP contribution in [-0.2, 0) is 4.79 Å². The van der Waals surface area contributed by atoms with Gasteiger partial charge in [-0.2, -0.15) is 0 Å². The van der Waals surface area contributed by atoms with Gasteiger partial charge in [-0.15, -0.1) is 11.2 Å². The van der Waals surface area contributed by atoms with Gasteiger partial charge in [0.15, 0.2) is 0 Å². The van der Waals surface area contributed by atoms with E-state index < -0.39 is 5.97 Å². The van der Waals surface area contributed by atoms with Gasteiger partial charge in [-0.3, -0.25) is 0 Å². The zero-order valence-corrected chi connectivity index (χ0v) is 6.99. The number of carboxylic acid groups (broad SMARTS) is 1. The van der Waals surface area contributed by atoms with E-state index in [9.17, 15) is 4.79 Å². The summed E-state index contributed by atoms with van der Waals surface area (Å²) in [4.78, 5) is 10.1. The molecule has 11 heavy (non-hydrogen) atoms. The number of aliphatic carboxylic acids is 1. The van der Waals surface area contributed by atoms with Crippen LogP contribution in [0.3, 0.4) is 0 Å². The number of hydrogen-bond donors (Lipinski definition) is 2. The van der Waals surface area contributed by atoms with Crippen molar-refractivity contribution in [1.29, 1.82) is 0 Å². The van der Waals surface area contributed by atoms with Crippen molar-refractivity contribution in [2.24, 2.45) is 0 Å². The maximum atomic E-state index is 10.1. The molecular formula is C7H11NO2S. The molecule has 3 nitrogen and oxygen atoms in total. The van der Waals surface area contributed by atoms with Crippen molar-refractivity contribution in [3.8, 4) is 5.18 Å². The van der Waals surface area contributed by atoms with Gasteiger partial charge in [0.2, 0.25) is 0 Å². The number of carboxylic acids is 1. The van der Waals surface area contributed by atoms with Crippen molar-refractivity contribution in [3.05, 3.63) is 0 Å². The van der Waals surface area contributed by atoms with E-state index in [4.69, 9.17) is 5.11 Å². The van der Waals surface area contributed by atoms with E-state index in [1.54, 1.807) is 0 Å². The molecule has 0 bridgehead atoms. The van der Waals surface area contributed by atoms with Crippen LogP contribution in [0.5, 0.6) is 0 Å². The first kappa shape index (κ1) is 8.53. The molecule has 62 valence electrons. The molecule has 0 atom stereocenters. The third-order valence-corrected chi connectivity index (χ3v) is 2.70. The minimum atomic E-state index is -0.950. The van der Waals surface area contributed by atoms with E-state index in [0.717, 1.165) is 25.9 Å². The lowest BCUT2D eigenvalue weighted by atomic mass is 10.2. The van der Waals surface area contributed by atoms with E-state index in [2.05, 4.69) is 10.5 Å². The summed E-state index contributed by atoms with van der Waals surface area (Å²) in [5, 5.41) is 14.3. The Morgan fingerprint density at radius 3 is 2.73 bits per heavy atom. The van der Waals surface area contributed by atoms with Crippen LogP contribution in [-0.4, -0.2) is 29.4 Å². The second-order valence-electron chi connectivity index (χ2n) is 2.47. The molecule has 1 aliphatic heterocycles. The molecule has 0 aromatic heterocycles. The molecular weight excluding hydrogens is 162 g/mol. The average Bonchev–Trinajstić information content (AvgIpc) is 2.03. The monoisotopic (exact) mass is 173 g/mol. The Morgan fingerprint density at radius 2 is 2.18 bits per heavy atom. The summed E-state index contributed by atoms with van der Waals surface area (Å²) in [6, 6.07) is 0. The molecule has 4 heteroatoms. The quantitative estimate of drug-likeness (QED) is 0.561. The number of nitrogens with one attached hydrogen (secondary N) is 1. The van der Waals surface area contributed by atoms with E-state index in [-0.39, 0.29) is 0 Å². The van der Waals surface area contributed by atoms with E-state index in [1.165, 1.54) is 11.2 Å². The molecule has 0 aromatic rings. The summed E-state index contributed by atoms with van der Waals surface area (Å²) in [5.41, 5.74) is 0. The average molecular weight is 173 g/mol. The first-order valence-electron chi connectivity index (χ1n) is 3.64. The lowest BCUT2D eigenvalue weighted by Gasteiger charge is -2.16.